The van der Waals surface area contributed by atoms with Crippen LogP contribution in [0.2, 0.25) is 0 Å². The van der Waals surface area contributed by atoms with Crippen molar-refractivity contribution in [3.63, 3.8) is 0 Å². The second-order valence-electron chi connectivity index (χ2n) is 7.67. The Hall–Kier alpha value is 0. The molecule has 0 aromatic rings. The molecule has 0 fully saturated rings. The molecule has 0 N–H and O–H groups in total. The van der Waals surface area contributed by atoms with Gasteiger partial charge in [0.25, 0.3) is 0 Å². The molecule has 0 saturated heterocycles. The first kappa shape index (κ1) is 19.0. The quantitative estimate of drug-likeness (QED) is 0.375. The molecule has 0 rings (SSSR count). The second-order valence-corrected chi connectivity index (χ2v) is 7.67. The van der Waals surface area contributed by atoms with Gasteiger partial charge < -0.3 is 0 Å². The third-order valence-corrected chi connectivity index (χ3v) is 5.41. The summed E-state index contributed by atoms with van der Waals surface area (Å²) >= 11 is 0. The van der Waals surface area contributed by atoms with Gasteiger partial charge in [0.1, 0.15) is 0 Å². The SMILES string of the molecule is CCCC(C)CCC(C)(CC)C(C)CCCC(C)C. The minimum atomic E-state index is 0.568. The Morgan fingerprint density at radius 1 is 0.842 bits per heavy atom. The Kier molecular flexibility index (Phi) is 9.83. The van der Waals surface area contributed by atoms with Crippen molar-refractivity contribution < 1.29 is 0 Å². The lowest BCUT2D eigenvalue weighted by molar-refractivity contribution is 0.147. The normalized spacial score (nSPS) is 18.3. The van der Waals surface area contributed by atoms with Crippen molar-refractivity contribution in [1.29, 1.82) is 0 Å². The molecule has 3 unspecified atom stereocenters. The molecule has 0 heterocycles. The van der Waals surface area contributed by atoms with Crippen molar-refractivity contribution >= 4 is 0 Å². The van der Waals surface area contributed by atoms with Gasteiger partial charge in [-0.3, -0.25) is 0 Å². The van der Waals surface area contributed by atoms with Gasteiger partial charge in [0, 0.05) is 0 Å². The molecule has 0 nitrogen and oxygen atoms in total. The molecule has 0 radical (unpaired) electrons. The minimum Gasteiger partial charge on any atom is -0.0654 e. The molecular formula is C19H40. The molecule has 0 aromatic carbocycles. The topological polar surface area (TPSA) is 0 Å². The Balaban J connectivity index is 4.17. The zero-order valence-electron chi connectivity index (χ0n) is 14.9. The maximum absolute atomic E-state index is 2.53. The largest absolute Gasteiger partial charge is 0.0654 e. The summed E-state index contributed by atoms with van der Waals surface area (Å²) in [7, 11) is 0. The van der Waals surface area contributed by atoms with Crippen LogP contribution >= 0.6 is 0 Å². The highest BCUT2D eigenvalue weighted by atomic mass is 14.3. The van der Waals surface area contributed by atoms with Crippen molar-refractivity contribution in [3.8, 4) is 0 Å². The predicted octanol–water partition coefficient (Wildman–Crippen LogP) is 7.08. The summed E-state index contributed by atoms with van der Waals surface area (Å²) in [5.41, 5.74) is 0.568. The van der Waals surface area contributed by atoms with E-state index in [1.165, 1.54) is 51.4 Å². The van der Waals surface area contributed by atoms with E-state index in [0.717, 1.165) is 17.8 Å². The van der Waals surface area contributed by atoms with E-state index in [1.807, 2.05) is 0 Å². The van der Waals surface area contributed by atoms with E-state index in [9.17, 15) is 0 Å². The van der Waals surface area contributed by atoms with Crippen LogP contribution in [0.25, 0.3) is 0 Å². The van der Waals surface area contributed by atoms with Crippen LogP contribution in [0.5, 0.6) is 0 Å². The van der Waals surface area contributed by atoms with Crippen molar-refractivity contribution in [2.24, 2.45) is 23.2 Å². The van der Waals surface area contributed by atoms with Crippen LogP contribution < -0.4 is 0 Å². The fraction of sp³-hybridized carbons (Fsp3) is 1.00. The number of hydrogen-bond donors (Lipinski definition) is 0. The van der Waals surface area contributed by atoms with Gasteiger partial charge in [-0.05, 0) is 29.6 Å². The Morgan fingerprint density at radius 2 is 1.47 bits per heavy atom. The molecule has 3 atom stereocenters. The second kappa shape index (κ2) is 9.83. The van der Waals surface area contributed by atoms with E-state index in [0.29, 0.717) is 5.41 Å². The van der Waals surface area contributed by atoms with Crippen LogP contribution in [0.4, 0.5) is 0 Å². The summed E-state index contributed by atoms with van der Waals surface area (Å²) in [5.74, 6) is 2.66. The minimum absolute atomic E-state index is 0.568. The molecule has 0 aliphatic rings. The van der Waals surface area contributed by atoms with Crippen molar-refractivity contribution in [1.82, 2.24) is 0 Å². The van der Waals surface area contributed by atoms with Crippen molar-refractivity contribution in [2.75, 3.05) is 0 Å². The summed E-state index contributed by atoms with van der Waals surface area (Å²) in [4.78, 5) is 0. The van der Waals surface area contributed by atoms with Crippen LogP contribution in [-0.2, 0) is 0 Å². The van der Waals surface area contributed by atoms with Gasteiger partial charge in [0.05, 0.1) is 0 Å². The molecule has 116 valence electrons. The molecule has 0 saturated carbocycles. The molecule has 0 spiro atoms. The lowest BCUT2D eigenvalue weighted by atomic mass is 9.69. The van der Waals surface area contributed by atoms with E-state index in [-0.39, 0.29) is 0 Å². The Labute approximate surface area is 123 Å². The van der Waals surface area contributed by atoms with Crippen LogP contribution in [0.1, 0.15) is 99.8 Å². The zero-order valence-corrected chi connectivity index (χ0v) is 14.9. The summed E-state index contributed by atoms with van der Waals surface area (Å²) in [6, 6.07) is 0. The average molecular weight is 269 g/mol. The van der Waals surface area contributed by atoms with Crippen LogP contribution in [0, 0.1) is 23.2 Å². The predicted molar refractivity (Wildman–Crippen MR) is 89.6 cm³/mol. The summed E-state index contributed by atoms with van der Waals surface area (Å²) in [5, 5.41) is 0. The molecule has 0 amide bonds. The maximum Gasteiger partial charge on any atom is -0.0303 e. The molecule has 0 aliphatic carbocycles. The van der Waals surface area contributed by atoms with Gasteiger partial charge in [-0.15, -0.1) is 0 Å². The Morgan fingerprint density at radius 3 is 1.95 bits per heavy atom. The van der Waals surface area contributed by atoms with Crippen LogP contribution in [0.3, 0.4) is 0 Å². The maximum atomic E-state index is 2.53. The summed E-state index contributed by atoms with van der Waals surface area (Å²) < 4.78 is 0. The standard InChI is InChI=1S/C19H40/c1-8-11-17(5)14-15-19(7,9-2)18(6)13-10-12-16(3)4/h16-18H,8-15H2,1-7H3. The van der Waals surface area contributed by atoms with Gasteiger partial charge in [-0.2, -0.15) is 0 Å². The van der Waals surface area contributed by atoms with E-state index in [4.69, 9.17) is 0 Å². The molecule has 0 bridgehead atoms. The average Bonchev–Trinajstić information content (AvgIpc) is 2.35. The smallest absolute Gasteiger partial charge is 0.0303 e. The fourth-order valence-electron chi connectivity index (χ4n) is 3.17. The van der Waals surface area contributed by atoms with Gasteiger partial charge in [-0.1, -0.05) is 93.4 Å². The highest BCUT2D eigenvalue weighted by Crippen LogP contribution is 2.40. The van der Waals surface area contributed by atoms with Crippen molar-refractivity contribution in [3.05, 3.63) is 0 Å². The van der Waals surface area contributed by atoms with Crippen LogP contribution in [-0.4, -0.2) is 0 Å². The molecule has 0 aliphatic heterocycles. The first-order valence-electron chi connectivity index (χ1n) is 8.85. The van der Waals surface area contributed by atoms with E-state index < -0.39 is 0 Å². The third-order valence-electron chi connectivity index (χ3n) is 5.41. The zero-order chi connectivity index (χ0) is 14.9. The van der Waals surface area contributed by atoms with E-state index in [2.05, 4.69) is 48.5 Å². The van der Waals surface area contributed by atoms with E-state index >= 15 is 0 Å². The molecular weight excluding hydrogens is 228 g/mol. The van der Waals surface area contributed by atoms with Gasteiger partial charge in [0.2, 0.25) is 0 Å². The highest BCUT2D eigenvalue weighted by Gasteiger charge is 2.28. The fourth-order valence-corrected chi connectivity index (χ4v) is 3.17. The molecule has 0 heteroatoms. The van der Waals surface area contributed by atoms with Crippen molar-refractivity contribution in [2.45, 2.75) is 99.8 Å². The third kappa shape index (κ3) is 8.00. The van der Waals surface area contributed by atoms with E-state index in [1.54, 1.807) is 0 Å². The van der Waals surface area contributed by atoms with Gasteiger partial charge >= 0.3 is 0 Å². The lowest BCUT2D eigenvalue weighted by Crippen LogP contribution is -2.25. The van der Waals surface area contributed by atoms with Gasteiger partial charge in [0.15, 0.2) is 0 Å². The molecule has 0 aromatic heterocycles. The summed E-state index contributed by atoms with van der Waals surface area (Å²) in [6.07, 6.45) is 11.2. The monoisotopic (exact) mass is 268 g/mol. The number of hydrogen-bond acceptors (Lipinski definition) is 0. The first-order chi connectivity index (χ1) is 8.85. The first-order valence-corrected chi connectivity index (χ1v) is 8.85. The summed E-state index contributed by atoms with van der Waals surface area (Å²) in [6.45, 7) is 16.8. The van der Waals surface area contributed by atoms with Gasteiger partial charge in [-0.25, -0.2) is 0 Å². The Bertz CT molecular complexity index is 206. The highest BCUT2D eigenvalue weighted by molar-refractivity contribution is 4.79. The molecule has 19 heavy (non-hydrogen) atoms. The number of rotatable bonds is 11. The lowest BCUT2D eigenvalue weighted by Gasteiger charge is -2.36. The van der Waals surface area contributed by atoms with Crippen LogP contribution in [0.15, 0.2) is 0 Å².